The van der Waals surface area contributed by atoms with Gasteiger partial charge in [0.25, 0.3) is 10.0 Å². The van der Waals surface area contributed by atoms with E-state index in [4.69, 9.17) is 42.6 Å². The maximum absolute atomic E-state index is 12.5. The number of hydrogen-bond donors (Lipinski definition) is 3. The van der Waals surface area contributed by atoms with Crippen molar-refractivity contribution in [3.63, 3.8) is 0 Å². The van der Waals surface area contributed by atoms with E-state index in [0.29, 0.717) is 19.6 Å². The smallest absolute Gasteiger partial charge is 0.490 e. The molecular weight excluding hydrogens is 580 g/mol. The number of anilines is 1. The Bertz CT molecular complexity index is 1220. The molecule has 1 aliphatic heterocycles. The van der Waals surface area contributed by atoms with Crippen molar-refractivity contribution in [2.24, 2.45) is 0 Å². The number of rotatable bonds is 8. The number of phenolic OH excluding ortho intramolecular Hbond substituents is 1. The van der Waals surface area contributed by atoms with Gasteiger partial charge in [0.1, 0.15) is 11.3 Å². The number of phenols is 1. The number of carboxylic acids is 1. The second-order valence-electron chi connectivity index (χ2n) is 7.69. The van der Waals surface area contributed by atoms with Gasteiger partial charge in [0, 0.05) is 35.7 Å². The van der Waals surface area contributed by atoms with Crippen LogP contribution in [-0.4, -0.2) is 81.1 Å². The molecule has 0 saturated carbocycles. The maximum Gasteiger partial charge on any atom is 0.490 e. The highest BCUT2D eigenvalue weighted by molar-refractivity contribution is 7.92. The predicted molar refractivity (Wildman–Crippen MR) is 131 cm³/mol. The number of aliphatic carboxylic acids is 1. The Kier molecular flexibility index (Phi) is 11.5. The summed E-state index contributed by atoms with van der Waals surface area (Å²) < 4.78 is 69.6. The van der Waals surface area contributed by atoms with E-state index < -0.39 is 33.9 Å². The van der Waals surface area contributed by atoms with Crippen molar-refractivity contribution in [1.29, 1.82) is 0 Å². The summed E-state index contributed by atoms with van der Waals surface area (Å²) in [5.41, 5.74) is 0.0117. The topological polar surface area (TPSA) is 142 Å². The molecule has 0 amide bonds. The third-order valence-electron chi connectivity index (χ3n) is 4.81. The summed E-state index contributed by atoms with van der Waals surface area (Å²) in [5, 5.41) is 17.6. The van der Waals surface area contributed by atoms with E-state index in [0.717, 1.165) is 25.7 Å². The summed E-state index contributed by atoms with van der Waals surface area (Å²) in [6.45, 7) is 4.11. The van der Waals surface area contributed by atoms with Crippen LogP contribution in [0.2, 0.25) is 10.0 Å². The SMILES string of the molecule is O=C(O)C(F)(F)F.O=C(OCCCN1CCOCC1)c1ccc(NS(=O)(=O)c2cc(Cl)cc(Cl)c2)cc1O. The first-order chi connectivity index (χ1) is 17.7. The molecular formula is C22H23Cl2F3N2O8S. The molecule has 0 spiro atoms. The Morgan fingerprint density at radius 3 is 2.18 bits per heavy atom. The first-order valence-electron chi connectivity index (χ1n) is 10.8. The molecule has 0 aromatic heterocycles. The van der Waals surface area contributed by atoms with E-state index in [9.17, 15) is 31.5 Å². The van der Waals surface area contributed by atoms with Gasteiger partial charge in [-0.25, -0.2) is 18.0 Å². The Morgan fingerprint density at radius 1 is 1.08 bits per heavy atom. The van der Waals surface area contributed by atoms with Crippen molar-refractivity contribution in [2.75, 3.05) is 44.2 Å². The minimum absolute atomic E-state index is 0.0554. The van der Waals surface area contributed by atoms with Gasteiger partial charge in [-0.3, -0.25) is 9.62 Å². The molecule has 1 fully saturated rings. The number of carboxylic acid groups (broad SMARTS) is 1. The highest BCUT2D eigenvalue weighted by atomic mass is 35.5. The standard InChI is InChI=1S/C20H22Cl2N2O6S.C2HF3O2/c21-14-10-15(22)12-17(11-14)31(27,28)23-16-2-3-18(19(25)13-16)20(26)30-7-1-4-24-5-8-29-9-6-24;3-2(4,5)1(6)7/h2-3,10-13,23,25H,1,4-9H2;(H,6,7). The fourth-order valence-corrected chi connectivity index (χ4v) is 4.80. The number of carbonyl (C=O) groups is 2. The second-order valence-corrected chi connectivity index (χ2v) is 10.2. The summed E-state index contributed by atoms with van der Waals surface area (Å²) >= 11 is 11.7. The Hall–Kier alpha value is -2.78. The van der Waals surface area contributed by atoms with Crippen LogP contribution in [0.4, 0.5) is 18.9 Å². The number of hydrogen-bond acceptors (Lipinski definition) is 8. The van der Waals surface area contributed by atoms with Crippen molar-refractivity contribution in [2.45, 2.75) is 17.5 Å². The number of aromatic hydroxyl groups is 1. The summed E-state index contributed by atoms with van der Waals surface area (Å²) in [6, 6.07) is 7.69. The molecule has 3 rings (SSSR count). The fourth-order valence-electron chi connectivity index (χ4n) is 3.02. The summed E-state index contributed by atoms with van der Waals surface area (Å²) in [7, 11) is -4.00. The van der Waals surface area contributed by atoms with Crippen molar-refractivity contribution >= 4 is 50.9 Å². The van der Waals surface area contributed by atoms with E-state index in [1.165, 1.54) is 30.3 Å². The summed E-state index contributed by atoms with van der Waals surface area (Å²) in [5.74, 6) is -3.84. The average Bonchev–Trinajstić information content (AvgIpc) is 2.81. The molecule has 1 heterocycles. The number of esters is 1. The summed E-state index contributed by atoms with van der Waals surface area (Å²) in [6.07, 6.45) is -4.42. The van der Waals surface area contributed by atoms with Crippen LogP contribution < -0.4 is 4.72 Å². The second kappa shape index (κ2) is 13.8. The number of sulfonamides is 1. The third kappa shape index (κ3) is 10.2. The minimum atomic E-state index is -5.08. The molecule has 3 N–H and O–H groups in total. The van der Waals surface area contributed by atoms with E-state index in [1.54, 1.807) is 0 Å². The monoisotopic (exact) mass is 602 g/mol. The van der Waals surface area contributed by atoms with Gasteiger partial charge in [-0.2, -0.15) is 13.2 Å². The molecule has 0 unspecified atom stereocenters. The molecule has 0 atom stereocenters. The zero-order valence-electron chi connectivity index (χ0n) is 19.5. The number of benzene rings is 2. The Labute approximate surface area is 225 Å². The van der Waals surface area contributed by atoms with Gasteiger partial charge >= 0.3 is 18.1 Å². The number of nitrogens with one attached hydrogen (secondary N) is 1. The predicted octanol–water partition coefficient (Wildman–Crippen LogP) is 4.01. The molecule has 2 aromatic rings. The lowest BCUT2D eigenvalue weighted by molar-refractivity contribution is -0.192. The quantitative estimate of drug-likeness (QED) is 0.301. The van der Waals surface area contributed by atoms with Crippen molar-refractivity contribution in [3.05, 3.63) is 52.0 Å². The fraction of sp³-hybridized carbons (Fsp3) is 0.364. The zero-order chi connectivity index (χ0) is 28.5. The number of alkyl halides is 3. The summed E-state index contributed by atoms with van der Waals surface area (Å²) in [4.78, 5) is 23.2. The van der Waals surface area contributed by atoms with E-state index in [-0.39, 0.29) is 32.8 Å². The van der Waals surface area contributed by atoms with Crippen LogP contribution >= 0.6 is 23.2 Å². The van der Waals surface area contributed by atoms with Gasteiger partial charge in [-0.1, -0.05) is 23.2 Å². The lowest BCUT2D eigenvalue weighted by Crippen LogP contribution is -2.37. The normalized spacial score (nSPS) is 14.2. The van der Waals surface area contributed by atoms with Crippen LogP contribution in [0.25, 0.3) is 0 Å². The van der Waals surface area contributed by atoms with Gasteiger partial charge in [-0.15, -0.1) is 0 Å². The lowest BCUT2D eigenvalue weighted by atomic mass is 10.2. The van der Waals surface area contributed by atoms with Gasteiger partial charge in [-0.05, 0) is 36.8 Å². The number of carbonyl (C=O) groups excluding carboxylic acids is 1. The van der Waals surface area contributed by atoms with E-state index in [2.05, 4.69) is 9.62 Å². The number of halogens is 5. The molecule has 16 heteroatoms. The maximum atomic E-state index is 12.5. The molecule has 10 nitrogen and oxygen atoms in total. The van der Waals surface area contributed by atoms with Crippen LogP contribution in [0.3, 0.4) is 0 Å². The van der Waals surface area contributed by atoms with Crippen molar-refractivity contribution in [3.8, 4) is 5.75 Å². The Morgan fingerprint density at radius 2 is 1.66 bits per heavy atom. The average molecular weight is 603 g/mol. The van der Waals surface area contributed by atoms with Crippen LogP contribution in [0.1, 0.15) is 16.8 Å². The van der Waals surface area contributed by atoms with Crippen LogP contribution in [-0.2, 0) is 24.3 Å². The number of ether oxygens (including phenoxy) is 2. The molecule has 2 aromatic carbocycles. The molecule has 1 aliphatic rings. The van der Waals surface area contributed by atoms with Crippen LogP contribution in [0, 0.1) is 0 Å². The Balaban J connectivity index is 0.000000638. The van der Waals surface area contributed by atoms with Gasteiger partial charge in [0.05, 0.1) is 30.4 Å². The van der Waals surface area contributed by atoms with Gasteiger partial charge in [0.15, 0.2) is 0 Å². The van der Waals surface area contributed by atoms with Gasteiger partial charge in [0.2, 0.25) is 0 Å². The molecule has 210 valence electrons. The first-order valence-corrected chi connectivity index (χ1v) is 13.0. The number of nitrogens with zero attached hydrogens (tertiary/aromatic N) is 1. The highest BCUT2D eigenvalue weighted by Gasteiger charge is 2.38. The third-order valence-corrected chi connectivity index (χ3v) is 6.61. The lowest BCUT2D eigenvalue weighted by Gasteiger charge is -2.26. The van der Waals surface area contributed by atoms with E-state index in [1.807, 2.05) is 0 Å². The number of morpholine rings is 1. The zero-order valence-corrected chi connectivity index (χ0v) is 21.8. The molecule has 1 saturated heterocycles. The highest BCUT2D eigenvalue weighted by Crippen LogP contribution is 2.27. The molecule has 0 bridgehead atoms. The van der Waals surface area contributed by atoms with Crippen LogP contribution in [0.5, 0.6) is 5.75 Å². The van der Waals surface area contributed by atoms with Crippen molar-refractivity contribution in [1.82, 2.24) is 4.90 Å². The van der Waals surface area contributed by atoms with E-state index >= 15 is 0 Å². The minimum Gasteiger partial charge on any atom is -0.507 e. The van der Waals surface area contributed by atoms with Crippen LogP contribution in [0.15, 0.2) is 41.3 Å². The first kappa shape index (κ1) is 31.4. The largest absolute Gasteiger partial charge is 0.507 e. The molecule has 38 heavy (non-hydrogen) atoms. The molecule has 0 radical (unpaired) electrons. The molecule has 0 aliphatic carbocycles. The van der Waals surface area contributed by atoms with Crippen molar-refractivity contribution < 1.29 is 50.9 Å². The van der Waals surface area contributed by atoms with Gasteiger partial charge < -0.3 is 19.7 Å².